The molecule has 11 heteroatoms. The van der Waals surface area contributed by atoms with Crippen LogP contribution in [0.3, 0.4) is 0 Å². The SMILES string of the molecule is NC(=O)C1=C(O)[C@@]2(O)C(=O)C3=C(O)c4c(O)ccc(C#Cc5ccc([N+](=O)[O-])cc5)c4C[C@H]3C[C@H]2CC1=O. The second kappa shape index (κ2) is 8.57. The number of fused-ring (bicyclic) bond motifs is 3. The number of rotatable bonds is 2. The van der Waals surface area contributed by atoms with Crippen molar-refractivity contribution in [1.29, 1.82) is 0 Å². The highest BCUT2D eigenvalue weighted by molar-refractivity contribution is 6.22. The number of phenolic OH excluding ortho intramolecular Hbond substituents is 1. The van der Waals surface area contributed by atoms with Crippen LogP contribution in [0.15, 0.2) is 53.3 Å². The number of hydrogen-bond donors (Lipinski definition) is 5. The molecule has 3 aliphatic carbocycles. The molecule has 2 aromatic carbocycles. The number of non-ortho nitro benzene ring substituents is 1. The molecule has 1 fully saturated rings. The Morgan fingerprint density at radius 3 is 2.37 bits per heavy atom. The number of primary amides is 1. The summed E-state index contributed by atoms with van der Waals surface area (Å²) in [7, 11) is 0. The molecule has 0 saturated heterocycles. The van der Waals surface area contributed by atoms with Crippen LogP contribution in [0.2, 0.25) is 0 Å². The first kappa shape index (κ1) is 24.7. The van der Waals surface area contributed by atoms with Crippen molar-refractivity contribution in [2.24, 2.45) is 17.6 Å². The number of ketones is 2. The van der Waals surface area contributed by atoms with Crippen molar-refractivity contribution in [2.45, 2.75) is 24.9 Å². The summed E-state index contributed by atoms with van der Waals surface area (Å²) in [6, 6.07) is 8.39. The van der Waals surface area contributed by atoms with Crippen molar-refractivity contribution in [1.82, 2.24) is 0 Å². The monoisotopic (exact) mass is 516 g/mol. The van der Waals surface area contributed by atoms with Crippen molar-refractivity contribution >= 4 is 28.9 Å². The van der Waals surface area contributed by atoms with E-state index in [4.69, 9.17) is 5.73 Å². The number of aliphatic hydroxyl groups excluding tert-OH is 2. The number of hydrogen-bond acceptors (Lipinski definition) is 9. The molecule has 5 rings (SSSR count). The minimum absolute atomic E-state index is 0.00773. The van der Waals surface area contributed by atoms with E-state index < -0.39 is 63.3 Å². The van der Waals surface area contributed by atoms with Crippen LogP contribution in [-0.2, 0) is 20.8 Å². The Hall–Kier alpha value is -4.95. The molecule has 0 spiro atoms. The zero-order valence-corrected chi connectivity index (χ0v) is 19.6. The van der Waals surface area contributed by atoms with E-state index in [1.165, 1.54) is 36.4 Å². The maximum atomic E-state index is 13.5. The number of benzene rings is 2. The zero-order valence-electron chi connectivity index (χ0n) is 19.6. The average molecular weight is 516 g/mol. The van der Waals surface area contributed by atoms with Gasteiger partial charge in [0.25, 0.3) is 11.6 Å². The van der Waals surface area contributed by atoms with Gasteiger partial charge in [0.1, 0.15) is 22.8 Å². The third-order valence-electron chi connectivity index (χ3n) is 7.37. The van der Waals surface area contributed by atoms with Gasteiger partial charge in [0.2, 0.25) is 5.78 Å². The van der Waals surface area contributed by atoms with Crippen LogP contribution in [0.1, 0.15) is 35.1 Å². The van der Waals surface area contributed by atoms with E-state index in [1.807, 2.05) is 0 Å². The molecule has 0 aromatic heterocycles. The van der Waals surface area contributed by atoms with E-state index in [2.05, 4.69) is 11.8 Å². The Kier molecular flexibility index (Phi) is 5.58. The van der Waals surface area contributed by atoms with Crippen molar-refractivity contribution in [3.05, 3.63) is 85.7 Å². The van der Waals surface area contributed by atoms with Gasteiger partial charge in [0.15, 0.2) is 11.4 Å². The number of phenols is 1. The molecular formula is C27H20N2O9. The van der Waals surface area contributed by atoms with Crippen molar-refractivity contribution < 1.29 is 39.7 Å². The summed E-state index contributed by atoms with van der Waals surface area (Å²) in [5.74, 6) is -1.16. The first-order valence-corrected chi connectivity index (χ1v) is 11.5. The lowest BCUT2D eigenvalue weighted by molar-refractivity contribution is -0.384. The molecule has 0 bridgehead atoms. The van der Waals surface area contributed by atoms with Crippen LogP contribution < -0.4 is 5.73 Å². The number of amides is 1. The lowest BCUT2D eigenvalue weighted by Crippen LogP contribution is -2.58. The van der Waals surface area contributed by atoms with Gasteiger partial charge in [-0.3, -0.25) is 24.5 Å². The van der Waals surface area contributed by atoms with Gasteiger partial charge in [-0.1, -0.05) is 11.8 Å². The smallest absolute Gasteiger partial charge is 0.269 e. The van der Waals surface area contributed by atoms with Crippen LogP contribution in [0.4, 0.5) is 5.69 Å². The number of nitrogens with zero attached hydrogens (tertiary/aromatic N) is 1. The summed E-state index contributed by atoms with van der Waals surface area (Å²) in [5.41, 5.74) is 2.66. The highest BCUT2D eigenvalue weighted by Crippen LogP contribution is 2.52. The summed E-state index contributed by atoms with van der Waals surface area (Å²) in [4.78, 5) is 48.0. The fourth-order valence-corrected chi connectivity index (χ4v) is 5.54. The fourth-order valence-electron chi connectivity index (χ4n) is 5.54. The van der Waals surface area contributed by atoms with E-state index in [9.17, 15) is 44.9 Å². The predicted octanol–water partition coefficient (Wildman–Crippen LogP) is 1.73. The Balaban J connectivity index is 1.60. The Labute approximate surface area is 214 Å². The Morgan fingerprint density at radius 1 is 1.05 bits per heavy atom. The van der Waals surface area contributed by atoms with Gasteiger partial charge < -0.3 is 26.2 Å². The molecule has 38 heavy (non-hydrogen) atoms. The number of nitro benzene ring substituents is 1. The highest BCUT2D eigenvalue weighted by Gasteiger charge is 2.60. The summed E-state index contributed by atoms with van der Waals surface area (Å²) in [6.45, 7) is 0. The van der Waals surface area contributed by atoms with E-state index in [0.29, 0.717) is 16.7 Å². The number of carbonyl (C=O) groups excluding carboxylic acids is 3. The number of Topliss-reactive ketones (excluding diaryl/α,β-unsaturated/α-hetero) is 2. The first-order valence-electron chi connectivity index (χ1n) is 11.5. The number of aromatic hydroxyl groups is 1. The van der Waals surface area contributed by atoms with Gasteiger partial charge in [-0.25, -0.2) is 0 Å². The van der Waals surface area contributed by atoms with E-state index in [0.717, 1.165) is 0 Å². The van der Waals surface area contributed by atoms with Crippen LogP contribution >= 0.6 is 0 Å². The molecule has 0 radical (unpaired) electrons. The first-order chi connectivity index (χ1) is 17.9. The van der Waals surface area contributed by atoms with Gasteiger partial charge in [-0.15, -0.1) is 0 Å². The third kappa shape index (κ3) is 3.54. The molecule has 192 valence electrons. The van der Waals surface area contributed by atoms with Gasteiger partial charge in [-0.2, -0.15) is 0 Å². The molecular weight excluding hydrogens is 496 g/mol. The third-order valence-corrected chi connectivity index (χ3v) is 7.37. The molecule has 11 nitrogen and oxygen atoms in total. The van der Waals surface area contributed by atoms with Gasteiger partial charge in [-0.05, 0) is 48.6 Å². The number of nitrogens with two attached hydrogens (primary N) is 1. The van der Waals surface area contributed by atoms with Crippen molar-refractivity contribution in [3.63, 3.8) is 0 Å². The summed E-state index contributed by atoms with van der Waals surface area (Å²) in [5, 5.41) is 54.4. The van der Waals surface area contributed by atoms with Crippen LogP contribution in [-0.4, -0.2) is 48.4 Å². The van der Waals surface area contributed by atoms with Crippen molar-refractivity contribution in [2.75, 3.05) is 0 Å². The highest BCUT2D eigenvalue weighted by atomic mass is 16.6. The van der Waals surface area contributed by atoms with Crippen LogP contribution in [0.25, 0.3) is 5.76 Å². The molecule has 3 aliphatic rings. The van der Waals surface area contributed by atoms with E-state index in [1.54, 1.807) is 0 Å². The maximum absolute atomic E-state index is 13.5. The summed E-state index contributed by atoms with van der Waals surface area (Å²) < 4.78 is 0. The number of aliphatic hydroxyl groups is 3. The molecule has 0 heterocycles. The molecule has 0 aliphatic heterocycles. The quantitative estimate of drug-likeness (QED) is 0.170. The zero-order chi connectivity index (χ0) is 27.5. The molecule has 2 aromatic rings. The second-order valence-electron chi connectivity index (χ2n) is 9.45. The molecule has 0 unspecified atom stereocenters. The lowest BCUT2D eigenvalue weighted by Gasteiger charge is -2.46. The minimum Gasteiger partial charge on any atom is -0.508 e. The molecule has 3 atom stereocenters. The molecule has 6 N–H and O–H groups in total. The summed E-state index contributed by atoms with van der Waals surface area (Å²) >= 11 is 0. The van der Waals surface area contributed by atoms with Gasteiger partial charge in [0.05, 0.1) is 10.5 Å². The topological polar surface area (TPSA) is 201 Å². The molecule has 1 amide bonds. The summed E-state index contributed by atoms with van der Waals surface area (Å²) in [6.07, 6.45) is -0.282. The van der Waals surface area contributed by atoms with Gasteiger partial charge >= 0.3 is 0 Å². The maximum Gasteiger partial charge on any atom is 0.269 e. The second-order valence-corrected chi connectivity index (χ2v) is 9.45. The Morgan fingerprint density at radius 2 is 1.74 bits per heavy atom. The largest absolute Gasteiger partial charge is 0.508 e. The normalized spacial score (nSPS) is 24.1. The van der Waals surface area contributed by atoms with Crippen LogP contribution in [0.5, 0.6) is 5.75 Å². The lowest BCUT2D eigenvalue weighted by atomic mass is 9.59. The Bertz CT molecular complexity index is 1590. The predicted molar refractivity (Wildman–Crippen MR) is 130 cm³/mol. The fraction of sp³-hybridized carbons (Fsp3) is 0.222. The van der Waals surface area contributed by atoms with Crippen LogP contribution in [0, 0.1) is 33.8 Å². The number of nitro groups is 1. The standard InChI is InChI=1S/C27H20N2O9/c28-26(35)22-19(31)11-15-9-14-10-17-13(4-1-12-2-6-16(7-3-12)29(37)38)5-8-18(30)21(17)23(32)20(14)24(33)27(15,36)25(22)34/h2-3,5-8,14-15,30,32,34,36H,9-11H2,(H2,28,35)/t14-,15+,27+/m1/s1. The molecule has 1 saturated carbocycles. The van der Waals surface area contributed by atoms with E-state index >= 15 is 0 Å². The van der Waals surface area contributed by atoms with E-state index in [-0.39, 0.29) is 35.4 Å². The average Bonchev–Trinajstić information content (AvgIpc) is 2.85. The minimum atomic E-state index is -2.63. The van der Waals surface area contributed by atoms with Gasteiger partial charge in [0, 0.05) is 41.2 Å². The van der Waals surface area contributed by atoms with Crippen molar-refractivity contribution in [3.8, 4) is 17.6 Å². The number of carbonyl (C=O) groups is 3.